The fourth-order valence-electron chi connectivity index (χ4n) is 1.79. The highest BCUT2D eigenvalue weighted by Crippen LogP contribution is 2.08. The number of hydrogen-bond acceptors (Lipinski definition) is 4. The third-order valence-corrected chi connectivity index (χ3v) is 2.91. The number of rotatable bonds is 6. The molecular formula is C16H18N4O. The molecule has 0 saturated carbocycles. The molecule has 1 amide bonds. The van der Waals surface area contributed by atoms with E-state index in [0.717, 1.165) is 11.3 Å². The molecule has 0 unspecified atom stereocenters. The number of hydrogen-bond donors (Lipinski definition) is 2. The van der Waals surface area contributed by atoms with Crippen molar-refractivity contribution in [1.82, 2.24) is 10.4 Å². The Morgan fingerprint density at radius 2 is 2.10 bits per heavy atom. The second-order valence-electron chi connectivity index (χ2n) is 4.49. The van der Waals surface area contributed by atoms with Crippen LogP contribution in [0.2, 0.25) is 0 Å². The smallest absolute Gasteiger partial charge is 0.262 e. The largest absolute Gasteiger partial charge is 0.374 e. The highest BCUT2D eigenvalue weighted by molar-refractivity contribution is 5.86. The number of pyridine rings is 1. The van der Waals surface area contributed by atoms with Crippen molar-refractivity contribution in [2.24, 2.45) is 5.10 Å². The van der Waals surface area contributed by atoms with Gasteiger partial charge in [0.1, 0.15) is 6.04 Å². The van der Waals surface area contributed by atoms with Crippen molar-refractivity contribution in [3.63, 3.8) is 0 Å². The lowest BCUT2D eigenvalue weighted by Crippen LogP contribution is -2.36. The first-order valence-corrected chi connectivity index (χ1v) is 6.84. The molecule has 0 saturated heterocycles. The number of aromatic nitrogens is 1. The Bertz CT molecular complexity index is 584. The molecule has 1 aromatic carbocycles. The molecule has 21 heavy (non-hydrogen) atoms. The number of hydrazone groups is 1. The number of nitrogens with zero attached hydrogens (tertiary/aromatic N) is 2. The number of carbonyl (C=O) groups excluding carboxylic acids is 1. The van der Waals surface area contributed by atoms with Gasteiger partial charge in [-0.15, -0.1) is 0 Å². The van der Waals surface area contributed by atoms with Crippen molar-refractivity contribution in [2.75, 3.05) is 5.32 Å². The maximum Gasteiger partial charge on any atom is 0.262 e. The maximum atomic E-state index is 12.1. The van der Waals surface area contributed by atoms with E-state index in [9.17, 15) is 4.79 Å². The zero-order valence-electron chi connectivity index (χ0n) is 11.9. The van der Waals surface area contributed by atoms with E-state index in [0.29, 0.717) is 6.42 Å². The molecule has 2 aromatic rings. The minimum atomic E-state index is -0.321. The number of benzene rings is 1. The van der Waals surface area contributed by atoms with E-state index < -0.39 is 0 Å². The van der Waals surface area contributed by atoms with Gasteiger partial charge in [-0.2, -0.15) is 5.10 Å². The summed E-state index contributed by atoms with van der Waals surface area (Å²) in [6.07, 6.45) is 5.60. The summed E-state index contributed by atoms with van der Waals surface area (Å²) in [6.45, 7) is 1.95. The first-order valence-electron chi connectivity index (χ1n) is 6.84. The van der Waals surface area contributed by atoms with Gasteiger partial charge in [0.05, 0.1) is 6.21 Å². The molecule has 108 valence electrons. The van der Waals surface area contributed by atoms with Crippen LogP contribution in [0.3, 0.4) is 0 Å². The van der Waals surface area contributed by atoms with Gasteiger partial charge in [0, 0.05) is 23.6 Å². The minimum Gasteiger partial charge on any atom is -0.374 e. The van der Waals surface area contributed by atoms with Gasteiger partial charge in [0.2, 0.25) is 0 Å². The number of para-hydroxylation sites is 1. The van der Waals surface area contributed by atoms with Gasteiger partial charge in [0.25, 0.3) is 5.91 Å². The summed E-state index contributed by atoms with van der Waals surface area (Å²) >= 11 is 0. The van der Waals surface area contributed by atoms with E-state index in [2.05, 4.69) is 20.8 Å². The van der Waals surface area contributed by atoms with Crippen molar-refractivity contribution in [1.29, 1.82) is 0 Å². The Morgan fingerprint density at radius 3 is 2.76 bits per heavy atom. The van der Waals surface area contributed by atoms with Crippen LogP contribution in [0.5, 0.6) is 0 Å². The van der Waals surface area contributed by atoms with Crippen LogP contribution in [0.15, 0.2) is 60.0 Å². The summed E-state index contributed by atoms with van der Waals surface area (Å²) in [5.41, 5.74) is 4.29. The first-order chi connectivity index (χ1) is 10.3. The molecule has 0 radical (unpaired) electrons. The molecule has 0 bridgehead atoms. The van der Waals surface area contributed by atoms with Crippen LogP contribution < -0.4 is 10.7 Å². The number of nitrogens with one attached hydrogen (secondary N) is 2. The fraction of sp³-hybridized carbons (Fsp3) is 0.188. The molecule has 5 heteroatoms. The summed E-state index contributed by atoms with van der Waals surface area (Å²) in [5, 5.41) is 7.13. The molecular weight excluding hydrogens is 264 g/mol. The minimum absolute atomic E-state index is 0.165. The van der Waals surface area contributed by atoms with E-state index in [1.54, 1.807) is 18.6 Å². The Hall–Kier alpha value is -2.69. The lowest BCUT2D eigenvalue weighted by molar-refractivity contribution is -0.121. The molecule has 0 aliphatic rings. The first kappa shape index (κ1) is 14.7. The summed E-state index contributed by atoms with van der Waals surface area (Å²) in [6, 6.07) is 13.0. The summed E-state index contributed by atoms with van der Waals surface area (Å²) in [4.78, 5) is 16.0. The van der Waals surface area contributed by atoms with E-state index in [1.165, 1.54) is 0 Å². The molecule has 2 rings (SSSR count). The standard InChI is InChI=1S/C16H18N4O/c1-2-15(19-14-8-4-3-5-9-14)16(21)20-18-12-13-7-6-10-17-11-13/h3-12,15,19H,2H2,1H3,(H,20,21)/b18-12-/t15-/m1/s1. The van der Waals surface area contributed by atoms with Gasteiger partial charge < -0.3 is 5.32 Å². The zero-order chi connectivity index (χ0) is 14.9. The highest BCUT2D eigenvalue weighted by atomic mass is 16.2. The SMILES string of the molecule is CC[C@@H](Nc1ccccc1)C(=O)N/N=C\c1cccnc1. The van der Waals surface area contributed by atoms with Gasteiger partial charge in [-0.1, -0.05) is 31.2 Å². The average Bonchev–Trinajstić information content (AvgIpc) is 2.54. The van der Waals surface area contributed by atoms with Crippen molar-refractivity contribution < 1.29 is 4.79 Å². The van der Waals surface area contributed by atoms with Gasteiger partial charge in [-0.3, -0.25) is 9.78 Å². The van der Waals surface area contributed by atoms with Crippen LogP contribution in [0, 0.1) is 0 Å². The molecule has 0 fully saturated rings. The third-order valence-electron chi connectivity index (χ3n) is 2.91. The Kier molecular flexibility index (Phi) is 5.46. The fourth-order valence-corrected chi connectivity index (χ4v) is 1.79. The summed E-state index contributed by atoms with van der Waals surface area (Å²) < 4.78 is 0. The quantitative estimate of drug-likeness (QED) is 0.631. The van der Waals surface area contributed by atoms with E-state index in [1.807, 2.05) is 49.4 Å². The number of carbonyl (C=O) groups is 1. The third kappa shape index (κ3) is 4.72. The lowest BCUT2D eigenvalue weighted by Gasteiger charge is -2.16. The predicted octanol–water partition coefficient (Wildman–Crippen LogP) is 2.42. The summed E-state index contributed by atoms with van der Waals surface area (Å²) in [5.74, 6) is -0.165. The monoisotopic (exact) mass is 282 g/mol. The molecule has 1 aromatic heterocycles. The maximum absolute atomic E-state index is 12.1. The average molecular weight is 282 g/mol. The van der Waals surface area contributed by atoms with Gasteiger partial charge >= 0.3 is 0 Å². The van der Waals surface area contributed by atoms with Crippen LogP contribution in [-0.4, -0.2) is 23.1 Å². The molecule has 0 spiro atoms. The predicted molar refractivity (Wildman–Crippen MR) is 84.1 cm³/mol. The van der Waals surface area contributed by atoms with Crippen molar-refractivity contribution in [2.45, 2.75) is 19.4 Å². The van der Waals surface area contributed by atoms with Crippen LogP contribution in [0.1, 0.15) is 18.9 Å². The highest BCUT2D eigenvalue weighted by Gasteiger charge is 2.15. The van der Waals surface area contributed by atoms with Crippen LogP contribution in [0.25, 0.3) is 0 Å². The van der Waals surface area contributed by atoms with Crippen molar-refractivity contribution in [3.05, 3.63) is 60.4 Å². The van der Waals surface area contributed by atoms with E-state index in [4.69, 9.17) is 0 Å². The van der Waals surface area contributed by atoms with Gasteiger partial charge in [0.15, 0.2) is 0 Å². The molecule has 1 atom stereocenters. The molecule has 2 N–H and O–H groups in total. The normalized spacial score (nSPS) is 12.0. The molecule has 0 aliphatic carbocycles. The Balaban J connectivity index is 1.90. The number of amides is 1. The van der Waals surface area contributed by atoms with Crippen LogP contribution in [-0.2, 0) is 4.79 Å². The molecule has 5 nitrogen and oxygen atoms in total. The van der Waals surface area contributed by atoms with Gasteiger partial charge in [-0.25, -0.2) is 5.43 Å². The van der Waals surface area contributed by atoms with Crippen molar-refractivity contribution >= 4 is 17.8 Å². The topological polar surface area (TPSA) is 66.4 Å². The molecule has 1 heterocycles. The van der Waals surface area contributed by atoms with Gasteiger partial charge in [-0.05, 0) is 24.6 Å². The molecule has 0 aliphatic heterocycles. The van der Waals surface area contributed by atoms with E-state index >= 15 is 0 Å². The Morgan fingerprint density at radius 1 is 1.29 bits per heavy atom. The summed E-state index contributed by atoms with van der Waals surface area (Å²) in [7, 11) is 0. The number of anilines is 1. The Labute approximate surface area is 124 Å². The second kappa shape index (κ2) is 7.79. The van der Waals surface area contributed by atoms with Crippen LogP contribution in [0.4, 0.5) is 5.69 Å². The van der Waals surface area contributed by atoms with E-state index in [-0.39, 0.29) is 11.9 Å². The van der Waals surface area contributed by atoms with Crippen molar-refractivity contribution in [3.8, 4) is 0 Å². The zero-order valence-corrected chi connectivity index (χ0v) is 11.9. The second-order valence-corrected chi connectivity index (χ2v) is 4.49. The lowest BCUT2D eigenvalue weighted by atomic mass is 10.2. The van der Waals surface area contributed by atoms with Crippen LogP contribution >= 0.6 is 0 Å².